The number of hydrogen-bond donors (Lipinski definition) is 0. The fourth-order valence-electron chi connectivity index (χ4n) is 0.970. The summed E-state index contributed by atoms with van der Waals surface area (Å²) in [6, 6.07) is 3.71. The Kier molecular flexibility index (Phi) is 6.49. The monoisotopic (exact) mass is 245 g/mol. The maximum atomic E-state index is 11.2. The molecular formula is C11H16ClNO3. The van der Waals surface area contributed by atoms with E-state index in [4.69, 9.17) is 9.57 Å². The Bertz CT molecular complexity index is 342. The van der Waals surface area contributed by atoms with E-state index in [2.05, 4.69) is 0 Å². The molecule has 1 rings (SSSR count). The lowest BCUT2D eigenvalue weighted by molar-refractivity contribution is -0.870. The van der Waals surface area contributed by atoms with Crippen LogP contribution in [0.2, 0.25) is 0 Å². The zero-order valence-electron chi connectivity index (χ0n) is 9.64. The smallest absolute Gasteiger partial charge is 0.572 e. The van der Waals surface area contributed by atoms with E-state index in [1.807, 2.05) is 26.8 Å². The third-order valence-corrected chi connectivity index (χ3v) is 1.64. The highest BCUT2D eigenvalue weighted by Gasteiger charge is 2.12. The summed E-state index contributed by atoms with van der Waals surface area (Å²) in [4.78, 5) is 16.1. The van der Waals surface area contributed by atoms with Crippen molar-refractivity contribution in [3.8, 4) is 0 Å². The number of hydrogen-bond acceptors (Lipinski definition) is 3. The number of aromatic nitrogens is 1. The van der Waals surface area contributed by atoms with Gasteiger partial charge < -0.3 is 17.1 Å². The highest BCUT2D eigenvalue weighted by atomic mass is 35.5. The summed E-state index contributed by atoms with van der Waals surface area (Å²) in [6.07, 6.45) is 2.67. The summed E-state index contributed by atoms with van der Waals surface area (Å²) in [5, 5.41) is 0. The van der Waals surface area contributed by atoms with E-state index in [0.29, 0.717) is 12.5 Å². The summed E-state index contributed by atoms with van der Waals surface area (Å²) in [7, 11) is 0. The molecule has 16 heavy (non-hydrogen) atoms. The van der Waals surface area contributed by atoms with Crippen LogP contribution in [0, 0.1) is 12.8 Å². The summed E-state index contributed by atoms with van der Waals surface area (Å²) in [5.74, 6) is 0.306. The lowest BCUT2D eigenvalue weighted by Crippen LogP contribution is -3.00. The van der Waals surface area contributed by atoms with E-state index >= 15 is 0 Å². The highest BCUT2D eigenvalue weighted by Crippen LogP contribution is 1.93. The quantitative estimate of drug-likeness (QED) is 0.481. The zero-order valence-corrected chi connectivity index (χ0v) is 10.4. The van der Waals surface area contributed by atoms with Crippen LogP contribution in [0.25, 0.3) is 0 Å². The van der Waals surface area contributed by atoms with Crippen LogP contribution in [-0.4, -0.2) is 12.8 Å². The lowest BCUT2D eigenvalue weighted by atomic mass is 10.2. The number of nitrogens with zero attached hydrogens (tertiary/aromatic N) is 1. The lowest BCUT2D eigenvalue weighted by Gasteiger charge is -2.03. The molecule has 0 spiro atoms. The average molecular weight is 246 g/mol. The van der Waals surface area contributed by atoms with Gasteiger partial charge in [0.05, 0.1) is 6.61 Å². The highest BCUT2D eigenvalue weighted by molar-refractivity contribution is 5.59. The van der Waals surface area contributed by atoms with Gasteiger partial charge in [0.2, 0.25) is 12.4 Å². The Morgan fingerprint density at radius 1 is 1.50 bits per heavy atom. The Balaban J connectivity index is 0.00000225. The molecule has 0 radical (unpaired) electrons. The van der Waals surface area contributed by atoms with Gasteiger partial charge in [-0.2, -0.15) is 4.79 Å². The maximum Gasteiger partial charge on any atom is 0.572 e. The van der Waals surface area contributed by atoms with Gasteiger partial charge >= 0.3 is 6.16 Å². The molecule has 0 atom stereocenters. The summed E-state index contributed by atoms with van der Waals surface area (Å²) in [5.41, 5.74) is 1.01. The Morgan fingerprint density at radius 3 is 2.75 bits per heavy atom. The molecule has 5 heteroatoms. The van der Waals surface area contributed by atoms with Crippen LogP contribution in [-0.2, 0) is 4.74 Å². The van der Waals surface area contributed by atoms with Crippen molar-refractivity contribution in [2.24, 2.45) is 5.92 Å². The predicted octanol–water partition coefficient (Wildman–Crippen LogP) is -1.49. The molecule has 1 aromatic rings. The van der Waals surface area contributed by atoms with E-state index in [-0.39, 0.29) is 12.4 Å². The van der Waals surface area contributed by atoms with Gasteiger partial charge in [-0.05, 0) is 18.9 Å². The van der Waals surface area contributed by atoms with E-state index in [1.54, 1.807) is 18.5 Å². The van der Waals surface area contributed by atoms with Crippen LogP contribution in [0.3, 0.4) is 0 Å². The molecule has 1 heterocycles. The molecule has 0 aliphatic heterocycles. The first kappa shape index (κ1) is 14.7. The summed E-state index contributed by atoms with van der Waals surface area (Å²) < 4.78 is 6.20. The number of aryl methyl sites for hydroxylation is 1. The van der Waals surface area contributed by atoms with Gasteiger partial charge in [-0.15, -0.1) is 4.84 Å². The fourth-order valence-corrected chi connectivity index (χ4v) is 0.970. The van der Waals surface area contributed by atoms with Gasteiger partial charge in [-0.3, -0.25) is 0 Å². The first-order valence-corrected chi connectivity index (χ1v) is 4.91. The van der Waals surface area contributed by atoms with Gasteiger partial charge in [-0.25, -0.2) is 0 Å². The fraction of sp³-hybridized carbons (Fsp3) is 0.455. The minimum Gasteiger partial charge on any atom is -1.00 e. The SMILES string of the molecule is Cc1ccc[n+](OC(=O)OCC(C)C)c1.[Cl-]. The summed E-state index contributed by atoms with van der Waals surface area (Å²) in [6.45, 7) is 6.21. The number of rotatable bonds is 3. The number of pyridine rings is 1. The molecular weight excluding hydrogens is 230 g/mol. The molecule has 0 aromatic carbocycles. The molecule has 0 aliphatic rings. The standard InChI is InChI=1S/C11H16NO3.ClH/c1-9(2)8-14-11(13)15-12-6-4-5-10(3)7-12;/h4-7,9H,8H2,1-3H3;1H/q+1;/p-1. The van der Waals surface area contributed by atoms with Gasteiger partial charge in [0, 0.05) is 16.4 Å². The molecule has 0 unspecified atom stereocenters. The first-order valence-electron chi connectivity index (χ1n) is 4.91. The molecule has 0 fully saturated rings. The molecule has 4 nitrogen and oxygen atoms in total. The van der Waals surface area contributed by atoms with E-state index in [0.717, 1.165) is 5.56 Å². The molecule has 0 bridgehead atoms. The minimum absolute atomic E-state index is 0. The second-order valence-corrected chi connectivity index (χ2v) is 3.79. The third-order valence-electron chi connectivity index (χ3n) is 1.64. The number of carbonyl (C=O) groups excluding carboxylic acids is 1. The van der Waals surface area contributed by atoms with Crippen molar-refractivity contribution in [2.45, 2.75) is 20.8 Å². The van der Waals surface area contributed by atoms with Crippen molar-refractivity contribution in [3.63, 3.8) is 0 Å². The Labute approximate surface area is 102 Å². The second-order valence-electron chi connectivity index (χ2n) is 3.79. The predicted molar refractivity (Wildman–Crippen MR) is 54.1 cm³/mol. The molecule has 0 saturated carbocycles. The topological polar surface area (TPSA) is 39.4 Å². The second kappa shape index (κ2) is 7.06. The number of ether oxygens (including phenoxy) is 1. The van der Waals surface area contributed by atoms with Crippen LogP contribution >= 0.6 is 0 Å². The van der Waals surface area contributed by atoms with Crippen LogP contribution in [0.4, 0.5) is 4.79 Å². The van der Waals surface area contributed by atoms with E-state index < -0.39 is 6.16 Å². The third kappa shape index (κ3) is 5.56. The van der Waals surface area contributed by atoms with E-state index in [9.17, 15) is 4.79 Å². The van der Waals surface area contributed by atoms with Crippen LogP contribution in [0.1, 0.15) is 19.4 Å². The zero-order chi connectivity index (χ0) is 11.3. The van der Waals surface area contributed by atoms with Crippen molar-refractivity contribution in [3.05, 3.63) is 30.1 Å². The van der Waals surface area contributed by atoms with Gasteiger partial charge in [0.1, 0.15) is 0 Å². The minimum atomic E-state index is -0.681. The van der Waals surface area contributed by atoms with Crippen molar-refractivity contribution < 1.29 is 31.5 Å². The van der Waals surface area contributed by atoms with Gasteiger partial charge in [-0.1, -0.05) is 13.8 Å². The normalized spacial score (nSPS) is 9.50. The van der Waals surface area contributed by atoms with Crippen molar-refractivity contribution in [1.82, 2.24) is 0 Å². The van der Waals surface area contributed by atoms with Crippen LogP contribution in [0.5, 0.6) is 0 Å². The number of carbonyl (C=O) groups is 1. The Morgan fingerprint density at radius 2 is 2.19 bits per heavy atom. The first-order chi connectivity index (χ1) is 7.08. The maximum absolute atomic E-state index is 11.2. The molecule has 0 amide bonds. The molecule has 1 aromatic heterocycles. The number of halogens is 1. The summed E-state index contributed by atoms with van der Waals surface area (Å²) >= 11 is 0. The average Bonchev–Trinajstić information content (AvgIpc) is 2.15. The van der Waals surface area contributed by atoms with Crippen molar-refractivity contribution in [1.29, 1.82) is 0 Å². The van der Waals surface area contributed by atoms with Gasteiger partial charge in [0.15, 0.2) is 0 Å². The van der Waals surface area contributed by atoms with Crippen LogP contribution in [0.15, 0.2) is 24.5 Å². The van der Waals surface area contributed by atoms with Crippen LogP contribution < -0.4 is 22.0 Å². The molecule has 0 saturated heterocycles. The Hall–Kier alpha value is -1.29. The van der Waals surface area contributed by atoms with Gasteiger partial charge in [0.25, 0.3) is 0 Å². The largest absolute Gasteiger partial charge is 1.00 e. The van der Waals surface area contributed by atoms with E-state index in [1.165, 1.54) is 4.73 Å². The molecule has 0 N–H and O–H groups in total. The molecule has 0 aliphatic carbocycles. The van der Waals surface area contributed by atoms with Crippen molar-refractivity contribution in [2.75, 3.05) is 6.61 Å². The van der Waals surface area contributed by atoms with Crippen molar-refractivity contribution >= 4 is 6.16 Å². The molecule has 90 valence electrons.